The van der Waals surface area contributed by atoms with Crippen LogP contribution >= 0.6 is 11.6 Å². The van der Waals surface area contributed by atoms with Gasteiger partial charge >= 0.3 is 5.97 Å². The summed E-state index contributed by atoms with van der Waals surface area (Å²) in [5.74, 6) is -2.80. The van der Waals surface area contributed by atoms with Crippen LogP contribution in [0.5, 0.6) is 0 Å². The van der Waals surface area contributed by atoms with Crippen molar-refractivity contribution in [3.63, 3.8) is 0 Å². The third kappa shape index (κ3) is 5.57. The Kier molecular flexibility index (Phi) is 6.68. The first-order valence-corrected chi connectivity index (χ1v) is 9.59. The maximum atomic E-state index is 12.3. The van der Waals surface area contributed by atoms with Crippen LogP contribution in [-0.2, 0) is 19.1 Å². The summed E-state index contributed by atoms with van der Waals surface area (Å²) in [6.45, 7) is 1.35. The van der Waals surface area contributed by atoms with Crippen molar-refractivity contribution in [2.24, 2.45) is 5.92 Å². The second-order valence-corrected chi connectivity index (χ2v) is 7.32. The molecule has 0 unspecified atom stereocenters. The van der Waals surface area contributed by atoms with E-state index in [-0.39, 0.29) is 13.0 Å². The van der Waals surface area contributed by atoms with Crippen molar-refractivity contribution >= 4 is 41.0 Å². The smallest absolute Gasteiger partial charge is 0.311 e. The summed E-state index contributed by atoms with van der Waals surface area (Å²) in [6, 6.07) is 13.4. The molecule has 2 N–H and O–H groups in total. The van der Waals surface area contributed by atoms with Crippen LogP contribution in [0.2, 0.25) is 5.02 Å². The Labute approximate surface area is 178 Å². The van der Waals surface area contributed by atoms with Crippen LogP contribution in [0.3, 0.4) is 0 Å². The molecule has 2 aromatic carbocycles. The van der Waals surface area contributed by atoms with Gasteiger partial charge in [-0.3, -0.25) is 29.6 Å². The fourth-order valence-electron chi connectivity index (χ4n) is 2.93. The lowest BCUT2D eigenvalue weighted by Crippen LogP contribution is -2.43. The molecule has 1 saturated heterocycles. The number of nitrogens with zero attached hydrogens (tertiary/aromatic N) is 1. The molecule has 156 valence electrons. The molecule has 1 atom stereocenters. The van der Waals surface area contributed by atoms with Crippen molar-refractivity contribution in [3.8, 4) is 0 Å². The van der Waals surface area contributed by atoms with E-state index >= 15 is 0 Å². The van der Waals surface area contributed by atoms with E-state index in [9.17, 15) is 19.2 Å². The third-order valence-electron chi connectivity index (χ3n) is 4.45. The third-order valence-corrected chi connectivity index (χ3v) is 4.70. The SMILES string of the molecule is Cc1cccc(C(=O)NN2C[C@@H](C(=O)OCC(=O)Nc3ccc(Cl)cc3)CC2=O)c1. The lowest BCUT2D eigenvalue weighted by molar-refractivity contribution is -0.151. The molecule has 0 radical (unpaired) electrons. The molecule has 3 rings (SSSR count). The number of hydrogen-bond donors (Lipinski definition) is 2. The number of aryl methyl sites for hydroxylation is 1. The number of hydrazine groups is 1. The van der Waals surface area contributed by atoms with Gasteiger partial charge < -0.3 is 10.1 Å². The van der Waals surface area contributed by atoms with Crippen LogP contribution in [0.1, 0.15) is 22.3 Å². The minimum absolute atomic E-state index is 0.0198. The zero-order valence-corrected chi connectivity index (χ0v) is 16.9. The Morgan fingerprint density at radius 2 is 1.90 bits per heavy atom. The molecule has 8 nitrogen and oxygen atoms in total. The van der Waals surface area contributed by atoms with E-state index in [0.29, 0.717) is 16.3 Å². The van der Waals surface area contributed by atoms with Crippen molar-refractivity contribution < 1.29 is 23.9 Å². The second-order valence-electron chi connectivity index (χ2n) is 6.88. The van der Waals surface area contributed by atoms with Gasteiger partial charge in [0.15, 0.2) is 6.61 Å². The lowest BCUT2D eigenvalue weighted by atomic mass is 10.1. The fourth-order valence-corrected chi connectivity index (χ4v) is 3.06. The summed E-state index contributed by atoms with van der Waals surface area (Å²) in [5, 5.41) is 4.21. The topological polar surface area (TPSA) is 105 Å². The Morgan fingerprint density at radius 1 is 1.17 bits per heavy atom. The van der Waals surface area contributed by atoms with Gasteiger partial charge in [-0.2, -0.15) is 0 Å². The predicted molar refractivity (Wildman–Crippen MR) is 110 cm³/mol. The van der Waals surface area contributed by atoms with Crippen LogP contribution in [0.15, 0.2) is 48.5 Å². The van der Waals surface area contributed by atoms with E-state index < -0.39 is 36.2 Å². The first-order chi connectivity index (χ1) is 14.3. The van der Waals surface area contributed by atoms with E-state index in [2.05, 4.69) is 10.7 Å². The van der Waals surface area contributed by atoms with Gasteiger partial charge in [0, 0.05) is 22.7 Å². The minimum Gasteiger partial charge on any atom is -0.455 e. The molecule has 1 fully saturated rings. The van der Waals surface area contributed by atoms with Gasteiger partial charge in [-0.15, -0.1) is 0 Å². The van der Waals surface area contributed by atoms with Crippen LogP contribution in [0.4, 0.5) is 5.69 Å². The van der Waals surface area contributed by atoms with Gasteiger partial charge in [0.25, 0.3) is 11.8 Å². The van der Waals surface area contributed by atoms with Crippen molar-refractivity contribution in [1.82, 2.24) is 10.4 Å². The molecule has 30 heavy (non-hydrogen) atoms. The van der Waals surface area contributed by atoms with Crippen molar-refractivity contribution in [1.29, 1.82) is 0 Å². The van der Waals surface area contributed by atoms with Gasteiger partial charge in [-0.1, -0.05) is 29.3 Å². The highest BCUT2D eigenvalue weighted by atomic mass is 35.5. The second kappa shape index (κ2) is 9.41. The number of halogens is 1. The van der Waals surface area contributed by atoms with Crippen LogP contribution < -0.4 is 10.7 Å². The molecular formula is C21H20ClN3O5. The molecule has 1 aliphatic rings. The number of nitrogens with one attached hydrogen (secondary N) is 2. The standard InChI is InChI=1S/C21H20ClN3O5/c1-13-3-2-4-14(9-13)20(28)24-25-11-15(10-19(25)27)21(29)30-12-18(26)23-17-7-5-16(22)6-8-17/h2-9,15H,10-12H2,1H3,(H,23,26)(H,24,28)/t15-/m0/s1. The van der Waals surface area contributed by atoms with Gasteiger partial charge in [0.05, 0.1) is 12.5 Å². The fraction of sp³-hybridized carbons (Fsp3) is 0.238. The number of ether oxygens (including phenoxy) is 1. The average molecular weight is 430 g/mol. The highest BCUT2D eigenvalue weighted by Crippen LogP contribution is 2.18. The van der Waals surface area contributed by atoms with E-state index in [1.807, 2.05) is 13.0 Å². The van der Waals surface area contributed by atoms with Gasteiger partial charge in [0.2, 0.25) is 5.91 Å². The van der Waals surface area contributed by atoms with Crippen molar-refractivity contribution in [2.75, 3.05) is 18.5 Å². The Morgan fingerprint density at radius 3 is 2.60 bits per heavy atom. The summed E-state index contributed by atoms with van der Waals surface area (Å²) < 4.78 is 5.02. The predicted octanol–water partition coefficient (Wildman–Crippen LogP) is 2.32. The number of rotatable bonds is 6. The van der Waals surface area contributed by atoms with Crippen LogP contribution in [-0.4, -0.2) is 41.9 Å². The monoisotopic (exact) mass is 429 g/mol. The molecule has 0 saturated carbocycles. The van der Waals surface area contributed by atoms with Crippen LogP contribution in [0.25, 0.3) is 0 Å². The van der Waals surface area contributed by atoms with Gasteiger partial charge in [-0.05, 0) is 43.3 Å². The average Bonchev–Trinajstić information content (AvgIpc) is 3.08. The van der Waals surface area contributed by atoms with Gasteiger partial charge in [0.1, 0.15) is 0 Å². The summed E-state index contributed by atoms with van der Waals surface area (Å²) in [7, 11) is 0. The van der Waals surface area contributed by atoms with E-state index in [1.165, 1.54) is 0 Å². The Bertz CT molecular complexity index is 977. The number of carbonyl (C=O) groups is 4. The quantitative estimate of drug-likeness (QED) is 0.686. The molecule has 3 amide bonds. The number of benzene rings is 2. The number of anilines is 1. The molecule has 0 bridgehead atoms. The van der Waals surface area contributed by atoms with E-state index in [0.717, 1.165) is 10.6 Å². The molecular weight excluding hydrogens is 410 g/mol. The molecule has 0 aromatic heterocycles. The number of amides is 3. The van der Waals surface area contributed by atoms with Crippen LogP contribution in [0, 0.1) is 12.8 Å². The van der Waals surface area contributed by atoms with E-state index in [1.54, 1.807) is 42.5 Å². The summed E-state index contributed by atoms with van der Waals surface area (Å²) >= 11 is 5.78. The van der Waals surface area contributed by atoms with Crippen molar-refractivity contribution in [3.05, 3.63) is 64.7 Å². The molecule has 0 spiro atoms. The highest BCUT2D eigenvalue weighted by molar-refractivity contribution is 6.30. The Balaban J connectivity index is 1.47. The highest BCUT2D eigenvalue weighted by Gasteiger charge is 2.36. The molecule has 0 aliphatic carbocycles. The number of esters is 1. The molecule has 1 aliphatic heterocycles. The molecule has 1 heterocycles. The summed E-state index contributed by atoms with van der Waals surface area (Å²) in [5.41, 5.74) is 4.34. The molecule has 9 heteroatoms. The number of carbonyl (C=O) groups excluding carboxylic acids is 4. The Hall–Kier alpha value is -3.39. The summed E-state index contributed by atoms with van der Waals surface area (Å²) in [6.07, 6.45) is -0.105. The number of hydrogen-bond acceptors (Lipinski definition) is 5. The van der Waals surface area contributed by atoms with Crippen molar-refractivity contribution in [2.45, 2.75) is 13.3 Å². The van der Waals surface area contributed by atoms with Gasteiger partial charge in [-0.25, -0.2) is 0 Å². The normalized spacial score (nSPS) is 15.6. The lowest BCUT2D eigenvalue weighted by Gasteiger charge is -2.17. The summed E-state index contributed by atoms with van der Waals surface area (Å²) in [4.78, 5) is 48.6. The first kappa shape index (κ1) is 21.3. The molecule has 2 aromatic rings. The maximum Gasteiger partial charge on any atom is 0.311 e. The van der Waals surface area contributed by atoms with E-state index in [4.69, 9.17) is 16.3 Å². The first-order valence-electron chi connectivity index (χ1n) is 9.22. The zero-order chi connectivity index (χ0) is 21.7. The maximum absolute atomic E-state index is 12.3. The minimum atomic E-state index is -0.765. The zero-order valence-electron chi connectivity index (χ0n) is 16.2. The largest absolute Gasteiger partial charge is 0.455 e.